The Morgan fingerprint density at radius 3 is 2.65 bits per heavy atom. The highest BCUT2D eigenvalue weighted by atomic mass is 16.5. The van der Waals surface area contributed by atoms with Gasteiger partial charge >= 0.3 is 0 Å². The van der Waals surface area contributed by atoms with Gasteiger partial charge in [-0.25, -0.2) is 0 Å². The minimum Gasteiger partial charge on any atom is -0.489 e. The van der Waals surface area contributed by atoms with E-state index in [2.05, 4.69) is 90.3 Å². The number of fused-ring (bicyclic) bond motifs is 2. The van der Waals surface area contributed by atoms with Gasteiger partial charge in [0.1, 0.15) is 19.4 Å². The summed E-state index contributed by atoms with van der Waals surface area (Å²) in [6.07, 6.45) is 6.38. The fourth-order valence-electron chi connectivity index (χ4n) is 3.97. The molecule has 152 valence electrons. The van der Waals surface area contributed by atoms with Crippen molar-refractivity contribution in [3.05, 3.63) is 107 Å². The summed E-state index contributed by atoms with van der Waals surface area (Å²) in [6, 6.07) is 27.4. The Labute approximate surface area is 182 Å². The highest BCUT2D eigenvalue weighted by Crippen LogP contribution is 2.26. The van der Waals surface area contributed by atoms with Gasteiger partial charge in [-0.1, -0.05) is 42.0 Å². The quantitative estimate of drug-likeness (QED) is 0.346. The number of nitrogens with zero attached hydrogens (tertiary/aromatic N) is 1. The Bertz CT molecular complexity index is 1400. The number of nitrogens with one attached hydrogen (secondary N) is 1. The molecule has 0 fully saturated rings. The molecule has 0 aliphatic heterocycles. The van der Waals surface area contributed by atoms with E-state index in [-0.39, 0.29) is 0 Å². The molecule has 0 aliphatic carbocycles. The molecule has 3 heteroatoms. The van der Waals surface area contributed by atoms with E-state index in [1.165, 1.54) is 16.5 Å². The largest absolute Gasteiger partial charge is 0.489 e. The Morgan fingerprint density at radius 2 is 1.77 bits per heavy atom. The van der Waals surface area contributed by atoms with Crippen LogP contribution in [0.25, 0.3) is 34.0 Å². The van der Waals surface area contributed by atoms with Crippen molar-refractivity contribution in [3.63, 3.8) is 0 Å². The minimum absolute atomic E-state index is 0.564. The van der Waals surface area contributed by atoms with Crippen LogP contribution in [0, 0.1) is 6.92 Å². The number of hydrogen-bond acceptors (Lipinski definition) is 1. The van der Waals surface area contributed by atoms with Crippen LogP contribution < -0.4 is 9.30 Å². The fraction of sp³-hybridized carbons (Fsp3) is 0.107. The number of benzene rings is 3. The van der Waals surface area contributed by atoms with Gasteiger partial charge in [-0.2, -0.15) is 4.57 Å². The van der Waals surface area contributed by atoms with Gasteiger partial charge in [-0.05, 0) is 48.9 Å². The molecule has 5 rings (SSSR count). The molecule has 31 heavy (non-hydrogen) atoms. The molecule has 5 aromatic rings. The maximum Gasteiger partial charge on any atom is 0.212 e. The molecule has 0 bridgehead atoms. The van der Waals surface area contributed by atoms with Crippen LogP contribution in [0.4, 0.5) is 0 Å². The molecule has 3 nitrogen and oxygen atoms in total. The summed E-state index contributed by atoms with van der Waals surface area (Å²) in [7, 11) is 2.11. The standard InChI is InChI=1S/C28H24N2O/c1-20-8-15-28-22(16-20)9-11-24(30(28)2)12-10-23-18-29-27-14-13-25(17-26(23)27)31-19-21-6-4-3-5-7-21/h3-18H,19H2,1-2H3/p+1. The molecule has 3 aromatic carbocycles. The fourth-order valence-corrected chi connectivity index (χ4v) is 3.97. The number of aromatic nitrogens is 2. The van der Waals surface area contributed by atoms with Crippen molar-refractivity contribution < 1.29 is 9.30 Å². The second kappa shape index (κ2) is 8.11. The lowest BCUT2D eigenvalue weighted by Gasteiger charge is -2.06. The minimum atomic E-state index is 0.564. The SMILES string of the molecule is Cc1ccc2c(ccc(C=Cc3c[nH]c4ccc(OCc5ccccc5)cc34)[n+]2C)c1. The first-order chi connectivity index (χ1) is 15.2. The molecular weight excluding hydrogens is 380 g/mol. The van der Waals surface area contributed by atoms with Crippen molar-refractivity contribution in [2.45, 2.75) is 13.5 Å². The van der Waals surface area contributed by atoms with Gasteiger partial charge in [0.2, 0.25) is 11.2 Å². The first-order valence-corrected chi connectivity index (χ1v) is 10.5. The van der Waals surface area contributed by atoms with Crippen LogP contribution in [0.2, 0.25) is 0 Å². The Hall–Kier alpha value is -3.85. The van der Waals surface area contributed by atoms with E-state index in [0.717, 1.165) is 33.5 Å². The van der Waals surface area contributed by atoms with Crippen molar-refractivity contribution in [1.29, 1.82) is 0 Å². The number of ether oxygens (including phenoxy) is 1. The molecule has 0 atom stereocenters. The Morgan fingerprint density at radius 1 is 0.903 bits per heavy atom. The summed E-state index contributed by atoms with van der Waals surface area (Å²) in [5, 5.41) is 2.41. The highest BCUT2D eigenvalue weighted by molar-refractivity contribution is 5.92. The van der Waals surface area contributed by atoms with Crippen molar-refractivity contribution >= 4 is 34.0 Å². The molecule has 0 aliphatic rings. The zero-order valence-corrected chi connectivity index (χ0v) is 17.8. The van der Waals surface area contributed by atoms with E-state index in [9.17, 15) is 0 Å². The molecule has 0 amide bonds. The van der Waals surface area contributed by atoms with Crippen molar-refractivity contribution in [2.75, 3.05) is 0 Å². The normalized spacial score (nSPS) is 11.5. The van der Waals surface area contributed by atoms with Gasteiger partial charge in [-0.15, -0.1) is 0 Å². The van der Waals surface area contributed by atoms with Crippen LogP contribution in [-0.4, -0.2) is 4.98 Å². The first-order valence-electron chi connectivity index (χ1n) is 10.5. The van der Waals surface area contributed by atoms with E-state index in [0.29, 0.717) is 6.61 Å². The third-order valence-electron chi connectivity index (χ3n) is 5.73. The number of rotatable bonds is 5. The summed E-state index contributed by atoms with van der Waals surface area (Å²) in [4.78, 5) is 3.36. The molecular formula is C28H25N2O+. The van der Waals surface area contributed by atoms with E-state index in [1.54, 1.807) is 0 Å². The average Bonchev–Trinajstić information content (AvgIpc) is 3.20. The van der Waals surface area contributed by atoms with Crippen LogP contribution in [0.1, 0.15) is 22.4 Å². The molecule has 0 radical (unpaired) electrons. The van der Waals surface area contributed by atoms with Crippen molar-refractivity contribution in [3.8, 4) is 5.75 Å². The lowest BCUT2D eigenvalue weighted by Crippen LogP contribution is -2.32. The third kappa shape index (κ3) is 3.95. The summed E-state index contributed by atoms with van der Waals surface area (Å²) < 4.78 is 8.25. The lowest BCUT2D eigenvalue weighted by molar-refractivity contribution is -0.646. The topological polar surface area (TPSA) is 28.9 Å². The molecule has 2 heterocycles. The molecule has 2 aromatic heterocycles. The van der Waals surface area contributed by atoms with Crippen LogP contribution in [0.3, 0.4) is 0 Å². The predicted molar refractivity (Wildman–Crippen MR) is 128 cm³/mol. The third-order valence-corrected chi connectivity index (χ3v) is 5.73. The van der Waals surface area contributed by atoms with Gasteiger partial charge in [0.25, 0.3) is 0 Å². The van der Waals surface area contributed by atoms with Crippen LogP contribution in [0.5, 0.6) is 5.75 Å². The molecule has 0 spiro atoms. The van der Waals surface area contributed by atoms with Gasteiger partial charge in [0.05, 0.1) is 0 Å². The number of aryl methyl sites for hydroxylation is 2. The van der Waals surface area contributed by atoms with E-state index < -0.39 is 0 Å². The molecule has 0 unspecified atom stereocenters. The number of H-pyrrole nitrogens is 1. The van der Waals surface area contributed by atoms with Gasteiger partial charge in [-0.3, -0.25) is 0 Å². The molecule has 1 N–H and O–H groups in total. The van der Waals surface area contributed by atoms with Crippen molar-refractivity contribution in [2.24, 2.45) is 7.05 Å². The molecule has 0 saturated heterocycles. The zero-order valence-electron chi connectivity index (χ0n) is 17.8. The van der Waals surface area contributed by atoms with Gasteiger partial charge < -0.3 is 9.72 Å². The monoisotopic (exact) mass is 405 g/mol. The van der Waals surface area contributed by atoms with Crippen LogP contribution in [0.15, 0.2) is 85.1 Å². The van der Waals surface area contributed by atoms with Crippen molar-refractivity contribution in [1.82, 2.24) is 4.98 Å². The summed E-state index contributed by atoms with van der Waals surface area (Å²) in [5.41, 5.74) is 7.07. The highest BCUT2D eigenvalue weighted by Gasteiger charge is 2.10. The maximum atomic E-state index is 6.02. The lowest BCUT2D eigenvalue weighted by atomic mass is 10.1. The predicted octanol–water partition coefficient (Wildman–Crippen LogP) is 6.20. The summed E-state index contributed by atoms with van der Waals surface area (Å²) in [5.74, 6) is 0.872. The van der Waals surface area contributed by atoms with Crippen LogP contribution >= 0.6 is 0 Å². The summed E-state index contributed by atoms with van der Waals surface area (Å²) in [6.45, 7) is 2.69. The van der Waals surface area contributed by atoms with E-state index in [4.69, 9.17) is 4.74 Å². The van der Waals surface area contributed by atoms with E-state index >= 15 is 0 Å². The zero-order chi connectivity index (χ0) is 21.2. The maximum absolute atomic E-state index is 6.02. The Balaban J connectivity index is 1.42. The number of pyridine rings is 1. The average molecular weight is 406 g/mol. The second-order valence-electron chi connectivity index (χ2n) is 7.94. The first kappa shape index (κ1) is 19.1. The van der Waals surface area contributed by atoms with E-state index in [1.807, 2.05) is 30.5 Å². The van der Waals surface area contributed by atoms with Gasteiger partial charge in [0.15, 0.2) is 0 Å². The smallest absolute Gasteiger partial charge is 0.212 e. The van der Waals surface area contributed by atoms with Gasteiger partial charge in [0, 0.05) is 46.3 Å². The Kier molecular flexibility index (Phi) is 5.01. The second-order valence-corrected chi connectivity index (χ2v) is 7.94. The summed E-state index contributed by atoms with van der Waals surface area (Å²) >= 11 is 0. The van der Waals surface area contributed by atoms with Crippen LogP contribution in [-0.2, 0) is 13.7 Å². The number of hydrogen-bond donors (Lipinski definition) is 1. The molecule has 0 saturated carbocycles. The number of aromatic amines is 1.